The summed E-state index contributed by atoms with van der Waals surface area (Å²) in [5, 5.41) is 1.24. The summed E-state index contributed by atoms with van der Waals surface area (Å²) in [5.74, 6) is 0. The van der Waals surface area contributed by atoms with Crippen molar-refractivity contribution in [3.63, 3.8) is 0 Å². The largest absolute Gasteiger partial charge is 0.315 e. The average Bonchev–Trinajstić information content (AvgIpc) is 3.07. The third kappa shape index (κ3) is 2.37. The van der Waals surface area contributed by atoms with Crippen LogP contribution in [0, 0.1) is 0 Å². The molecule has 0 N–H and O–H groups in total. The Morgan fingerprint density at radius 1 is 0.769 bits per heavy atom. The lowest BCUT2D eigenvalue weighted by molar-refractivity contribution is 1.16. The van der Waals surface area contributed by atoms with E-state index in [0.29, 0.717) is 0 Å². The SMILES string of the molecule is Clc1nc(-c2c(-c3ccccc3)cc3ccccn23)c2ccccc2n1. The lowest BCUT2D eigenvalue weighted by Crippen LogP contribution is -1.96. The summed E-state index contributed by atoms with van der Waals surface area (Å²) in [6.45, 7) is 0. The Hall–Kier alpha value is -3.17. The predicted molar refractivity (Wildman–Crippen MR) is 106 cm³/mol. The van der Waals surface area contributed by atoms with E-state index in [2.05, 4.69) is 44.8 Å². The smallest absolute Gasteiger partial charge is 0.223 e. The molecule has 0 fully saturated rings. The molecule has 26 heavy (non-hydrogen) atoms. The number of aromatic nitrogens is 3. The summed E-state index contributed by atoms with van der Waals surface area (Å²) in [7, 11) is 0. The fourth-order valence-corrected chi connectivity index (χ4v) is 3.61. The highest BCUT2D eigenvalue weighted by Gasteiger charge is 2.18. The summed E-state index contributed by atoms with van der Waals surface area (Å²) in [6, 6.07) is 26.7. The van der Waals surface area contributed by atoms with Gasteiger partial charge in [0.15, 0.2) is 0 Å². The Morgan fingerprint density at radius 2 is 1.54 bits per heavy atom. The zero-order valence-electron chi connectivity index (χ0n) is 13.8. The van der Waals surface area contributed by atoms with Gasteiger partial charge in [-0.25, -0.2) is 9.97 Å². The summed E-state index contributed by atoms with van der Waals surface area (Å²) in [6.07, 6.45) is 2.06. The highest BCUT2D eigenvalue weighted by atomic mass is 35.5. The van der Waals surface area contributed by atoms with Crippen LogP contribution in [0.15, 0.2) is 85.1 Å². The first kappa shape index (κ1) is 15.1. The first-order chi connectivity index (χ1) is 12.8. The van der Waals surface area contributed by atoms with Gasteiger partial charge in [0.25, 0.3) is 0 Å². The number of hydrogen-bond acceptors (Lipinski definition) is 2. The summed E-state index contributed by atoms with van der Waals surface area (Å²) >= 11 is 6.26. The minimum Gasteiger partial charge on any atom is -0.315 e. The van der Waals surface area contributed by atoms with Crippen molar-refractivity contribution in [1.82, 2.24) is 14.4 Å². The van der Waals surface area contributed by atoms with Crippen molar-refractivity contribution < 1.29 is 0 Å². The fourth-order valence-electron chi connectivity index (χ4n) is 3.43. The van der Waals surface area contributed by atoms with Gasteiger partial charge in [-0.15, -0.1) is 0 Å². The van der Waals surface area contributed by atoms with Gasteiger partial charge >= 0.3 is 0 Å². The zero-order valence-corrected chi connectivity index (χ0v) is 14.6. The summed E-state index contributed by atoms with van der Waals surface area (Å²) in [5.41, 5.74) is 6.08. The number of rotatable bonds is 2. The van der Waals surface area contributed by atoms with Crippen molar-refractivity contribution in [3.05, 3.63) is 90.3 Å². The molecule has 0 aliphatic heterocycles. The lowest BCUT2D eigenvalue weighted by atomic mass is 10.0. The zero-order chi connectivity index (χ0) is 17.5. The number of nitrogens with zero attached hydrogens (tertiary/aromatic N) is 3. The Morgan fingerprint density at radius 3 is 2.42 bits per heavy atom. The molecule has 0 bridgehead atoms. The molecule has 5 aromatic rings. The second-order valence-electron chi connectivity index (χ2n) is 6.13. The molecule has 0 atom stereocenters. The van der Waals surface area contributed by atoms with E-state index in [9.17, 15) is 0 Å². The summed E-state index contributed by atoms with van der Waals surface area (Å²) in [4.78, 5) is 8.99. The van der Waals surface area contributed by atoms with Crippen LogP contribution in [0.2, 0.25) is 5.28 Å². The quantitative estimate of drug-likeness (QED) is 0.371. The molecule has 0 radical (unpaired) electrons. The van der Waals surface area contributed by atoms with Crippen LogP contribution in [-0.4, -0.2) is 14.4 Å². The van der Waals surface area contributed by atoms with E-state index in [4.69, 9.17) is 11.6 Å². The molecule has 3 aromatic heterocycles. The number of para-hydroxylation sites is 1. The van der Waals surface area contributed by atoms with Crippen LogP contribution in [0.3, 0.4) is 0 Å². The maximum absolute atomic E-state index is 6.26. The standard InChI is InChI=1S/C22H14ClN3/c23-22-24-19-12-5-4-11-17(19)20(25-22)21-18(15-8-2-1-3-9-15)14-16-10-6-7-13-26(16)21/h1-14H. The van der Waals surface area contributed by atoms with E-state index >= 15 is 0 Å². The van der Waals surface area contributed by atoms with Crippen LogP contribution in [0.4, 0.5) is 0 Å². The number of benzene rings is 2. The molecule has 4 heteroatoms. The predicted octanol–water partition coefficient (Wildman–Crippen LogP) is 5.87. The van der Waals surface area contributed by atoms with E-state index in [1.54, 1.807) is 0 Å². The molecule has 0 saturated heterocycles. The molecule has 2 aromatic carbocycles. The Balaban J connectivity index is 1.94. The molecular formula is C22H14ClN3. The van der Waals surface area contributed by atoms with Crippen molar-refractivity contribution in [2.24, 2.45) is 0 Å². The molecule has 5 rings (SSSR count). The van der Waals surface area contributed by atoms with Crippen LogP contribution in [0.25, 0.3) is 38.9 Å². The van der Waals surface area contributed by atoms with Gasteiger partial charge in [-0.2, -0.15) is 0 Å². The summed E-state index contributed by atoms with van der Waals surface area (Å²) < 4.78 is 2.16. The molecule has 3 heterocycles. The number of fused-ring (bicyclic) bond motifs is 2. The van der Waals surface area contributed by atoms with Gasteiger partial charge in [-0.3, -0.25) is 0 Å². The van der Waals surface area contributed by atoms with Gasteiger partial charge in [-0.1, -0.05) is 54.6 Å². The van der Waals surface area contributed by atoms with E-state index in [1.807, 2.05) is 54.6 Å². The number of pyridine rings is 1. The van der Waals surface area contributed by atoms with E-state index < -0.39 is 0 Å². The van der Waals surface area contributed by atoms with Crippen LogP contribution in [0.5, 0.6) is 0 Å². The van der Waals surface area contributed by atoms with E-state index in [0.717, 1.165) is 38.9 Å². The molecule has 0 saturated carbocycles. The van der Waals surface area contributed by atoms with Crippen molar-refractivity contribution in [3.8, 4) is 22.5 Å². The highest BCUT2D eigenvalue weighted by molar-refractivity contribution is 6.29. The average molecular weight is 356 g/mol. The molecule has 0 aliphatic rings. The minimum atomic E-state index is 0.253. The first-order valence-corrected chi connectivity index (χ1v) is 8.77. The van der Waals surface area contributed by atoms with Crippen LogP contribution < -0.4 is 0 Å². The van der Waals surface area contributed by atoms with Crippen LogP contribution in [0.1, 0.15) is 0 Å². The van der Waals surface area contributed by atoms with Crippen molar-refractivity contribution in [2.45, 2.75) is 0 Å². The molecule has 124 valence electrons. The van der Waals surface area contributed by atoms with Crippen LogP contribution in [-0.2, 0) is 0 Å². The van der Waals surface area contributed by atoms with Crippen molar-refractivity contribution in [2.75, 3.05) is 0 Å². The van der Waals surface area contributed by atoms with Gasteiger partial charge in [0, 0.05) is 22.7 Å². The first-order valence-electron chi connectivity index (χ1n) is 8.39. The second kappa shape index (κ2) is 5.97. The number of hydrogen-bond donors (Lipinski definition) is 0. The van der Waals surface area contributed by atoms with Crippen molar-refractivity contribution >= 4 is 28.0 Å². The van der Waals surface area contributed by atoms with Crippen LogP contribution >= 0.6 is 11.6 Å². The Labute approximate surface area is 155 Å². The normalized spacial score (nSPS) is 11.3. The van der Waals surface area contributed by atoms with Gasteiger partial charge in [0.05, 0.1) is 11.2 Å². The maximum Gasteiger partial charge on any atom is 0.223 e. The third-order valence-corrected chi connectivity index (χ3v) is 4.73. The monoisotopic (exact) mass is 355 g/mol. The molecule has 3 nitrogen and oxygen atoms in total. The second-order valence-corrected chi connectivity index (χ2v) is 6.46. The Bertz CT molecular complexity index is 1240. The minimum absolute atomic E-state index is 0.253. The lowest BCUT2D eigenvalue weighted by Gasteiger charge is -2.10. The topological polar surface area (TPSA) is 30.2 Å². The molecule has 0 aliphatic carbocycles. The van der Waals surface area contributed by atoms with Gasteiger partial charge in [0.1, 0.15) is 5.69 Å². The third-order valence-electron chi connectivity index (χ3n) is 4.56. The molecule has 0 amide bonds. The fraction of sp³-hybridized carbons (Fsp3) is 0. The van der Waals surface area contributed by atoms with Gasteiger partial charge in [0.2, 0.25) is 5.28 Å². The maximum atomic E-state index is 6.26. The Kier molecular flexibility index (Phi) is 3.47. The van der Waals surface area contributed by atoms with Crippen molar-refractivity contribution in [1.29, 1.82) is 0 Å². The van der Waals surface area contributed by atoms with E-state index in [1.165, 1.54) is 0 Å². The molecule has 0 unspecified atom stereocenters. The molecular weight excluding hydrogens is 342 g/mol. The van der Waals surface area contributed by atoms with Gasteiger partial charge in [-0.05, 0) is 41.4 Å². The molecule has 0 spiro atoms. The van der Waals surface area contributed by atoms with E-state index in [-0.39, 0.29) is 5.28 Å². The highest BCUT2D eigenvalue weighted by Crippen LogP contribution is 2.37. The number of halogens is 1. The van der Waals surface area contributed by atoms with Gasteiger partial charge < -0.3 is 4.40 Å².